The van der Waals surface area contributed by atoms with Crippen molar-refractivity contribution in [2.24, 2.45) is 5.92 Å². The van der Waals surface area contributed by atoms with Gasteiger partial charge in [-0.2, -0.15) is 0 Å². The summed E-state index contributed by atoms with van der Waals surface area (Å²) in [4.78, 5) is 25.0. The maximum Gasteiger partial charge on any atom is 0.306 e. The Labute approximate surface area is 126 Å². The smallest absolute Gasteiger partial charge is 0.306 e. The normalized spacial score (nSPS) is 27.7. The molecule has 21 heavy (non-hydrogen) atoms. The molecule has 1 saturated carbocycles. The van der Waals surface area contributed by atoms with E-state index in [1.165, 1.54) is 19.3 Å². The number of carboxylic acids is 1. The van der Waals surface area contributed by atoms with Crippen LogP contribution in [0.25, 0.3) is 0 Å². The SMILES string of the molecule is O=C(O)C1CCC(OCC(=O)N2CCCCCCC2)CC1. The van der Waals surface area contributed by atoms with E-state index in [1.54, 1.807) is 0 Å². The third-order valence-corrected chi connectivity index (χ3v) is 4.67. The van der Waals surface area contributed by atoms with Gasteiger partial charge in [0.15, 0.2) is 0 Å². The van der Waals surface area contributed by atoms with Crippen LogP contribution in [0.15, 0.2) is 0 Å². The summed E-state index contributed by atoms with van der Waals surface area (Å²) in [6.45, 7) is 1.87. The molecule has 0 aromatic carbocycles. The highest BCUT2D eigenvalue weighted by Gasteiger charge is 2.27. The quantitative estimate of drug-likeness (QED) is 0.865. The Morgan fingerprint density at radius 3 is 2.10 bits per heavy atom. The predicted octanol–water partition coefficient (Wildman–Crippen LogP) is 2.44. The molecule has 1 aliphatic carbocycles. The molecule has 1 aliphatic heterocycles. The number of rotatable bonds is 4. The van der Waals surface area contributed by atoms with E-state index in [9.17, 15) is 9.59 Å². The van der Waals surface area contributed by atoms with Crippen LogP contribution in [0.2, 0.25) is 0 Å². The van der Waals surface area contributed by atoms with Gasteiger partial charge in [0.05, 0.1) is 12.0 Å². The lowest BCUT2D eigenvalue weighted by Crippen LogP contribution is -2.38. The second-order valence-corrected chi connectivity index (χ2v) is 6.27. The van der Waals surface area contributed by atoms with E-state index in [0.717, 1.165) is 38.8 Å². The summed E-state index contributed by atoms with van der Waals surface area (Å²) in [6.07, 6.45) is 8.79. The van der Waals surface area contributed by atoms with Crippen LogP contribution >= 0.6 is 0 Å². The summed E-state index contributed by atoms with van der Waals surface area (Å²) in [6, 6.07) is 0. The van der Waals surface area contributed by atoms with Crippen molar-refractivity contribution in [3.8, 4) is 0 Å². The number of aliphatic carboxylic acids is 1. The Hall–Kier alpha value is -1.10. The highest BCUT2D eigenvalue weighted by atomic mass is 16.5. The minimum absolute atomic E-state index is 0.0549. The van der Waals surface area contributed by atoms with Crippen LogP contribution in [0.1, 0.15) is 57.8 Å². The Bertz CT molecular complexity index is 342. The zero-order valence-electron chi connectivity index (χ0n) is 12.8. The summed E-state index contributed by atoms with van der Waals surface area (Å²) in [5.41, 5.74) is 0. The Balaban J connectivity index is 1.67. The van der Waals surface area contributed by atoms with Crippen molar-refractivity contribution in [3.05, 3.63) is 0 Å². The number of hydrogen-bond acceptors (Lipinski definition) is 3. The lowest BCUT2D eigenvalue weighted by atomic mass is 9.87. The molecule has 5 nitrogen and oxygen atoms in total. The predicted molar refractivity (Wildman–Crippen MR) is 79.0 cm³/mol. The average molecular weight is 297 g/mol. The lowest BCUT2D eigenvalue weighted by molar-refractivity contribution is -0.146. The summed E-state index contributed by atoms with van der Waals surface area (Å²) >= 11 is 0. The fourth-order valence-electron chi connectivity index (χ4n) is 3.25. The van der Waals surface area contributed by atoms with Crippen molar-refractivity contribution < 1.29 is 19.4 Å². The monoisotopic (exact) mass is 297 g/mol. The molecule has 2 rings (SSSR count). The van der Waals surface area contributed by atoms with Gasteiger partial charge < -0.3 is 14.7 Å². The van der Waals surface area contributed by atoms with Crippen molar-refractivity contribution >= 4 is 11.9 Å². The summed E-state index contributed by atoms with van der Waals surface area (Å²) in [5.74, 6) is -0.836. The van der Waals surface area contributed by atoms with Crippen LogP contribution in [0.3, 0.4) is 0 Å². The molecule has 0 spiro atoms. The fourth-order valence-corrected chi connectivity index (χ4v) is 3.25. The molecule has 2 fully saturated rings. The number of likely N-dealkylation sites (tertiary alicyclic amines) is 1. The average Bonchev–Trinajstić information content (AvgIpc) is 2.45. The number of carbonyl (C=O) groups excluding carboxylic acids is 1. The van der Waals surface area contributed by atoms with Crippen molar-refractivity contribution in [2.45, 2.75) is 63.9 Å². The van der Waals surface area contributed by atoms with E-state index < -0.39 is 5.97 Å². The maximum atomic E-state index is 12.2. The van der Waals surface area contributed by atoms with Gasteiger partial charge in [0, 0.05) is 13.1 Å². The minimum Gasteiger partial charge on any atom is -0.481 e. The molecule has 0 unspecified atom stereocenters. The topological polar surface area (TPSA) is 66.8 Å². The molecular weight excluding hydrogens is 270 g/mol. The number of ether oxygens (including phenoxy) is 1. The maximum absolute atomic E-state index is 12.2. The molecule has 0 radical (unpaired) electrons. The molecule has 1 heterocycles. The molecular formula is C16H27NO4. The lowest BCUT2D eigenvalue weighted by Gasteiger charge is -2.28. The van der Waals surface area contributed by atoms with Crippen LogP contribution in [0.4, 0.5) is 0 Å². The third-order valence-electron chi connectivity index (χ3n) is 4.67. The number of nitrogens with zero attached hydrogens (tertiary/aromatic N) is 1. The molecule has 1 N–H and O–H groups in total. The standard InChI is InChI=1S/C16H27NO4/c18-15(17-10-4-2-1-3-5-11-17)12-21-14-8-6-13(7-9-14)16(19)20/h13-14H,1-12H2,(H,19,20). The van der Waals surface area contributed by atoms with Crippen molar-refractivity contribution in [3.63, 3.8) is 0 Å². The number of carbonyl (C=O) groups is 2. The molecule has 0 atom stereocenters. The fraction of sp³-hybridized carbons (Fsp3) is 0.875. The Morgan fingerprint density at radius 1 is 0.952 bits per heavy atom. The second-order valence-electron chi connectivity index (χ2n) is 6.27. The Kier molecular flexibility index (Phi) is 6.49. The summed E-state index contributed by atoms with van der Waals surface area (Å²) in [7, 11) is 0. The first-order valence-electron chi connectivity index (χ1n) is 8.29. The number of hydrogen-bond donors (Lipinski definition) is 1. The summed E-state index contributed by atoms with van der Waals surface area (Å²) < 4.78 is 5.71. The van der Waals surface area contributed by atoms with Gasteiger partial charge in [0.2, 0.25) is 5.91 Å². The first kappa shape index (κ1) is 16.3. The van der Waals surface area contributed by atoms with Gasteiger partial charge in [-0.15, -0.1) is 0 Å². The molecule has 0 aromatic rings. The molecule has 1 saturated heterocycles. The van der Waals surface area contributed by atoms with Crippen LogP contribution in [0.5, 0.6) is 0 Å². The zero-order valence-corrected chi connectivity index (χ0v) is 12.8. The van der Waals surface area contributed by atoms with Crippen molar-refractivity contribution in [1.29, 1.82) is 0 Å². The van der Waals surface area contributed by atoms with Gasteiger partial charge >= 0.3 is 5.97 Å². The van der Waals surface area contributed by atoms with Gasteiger partial charge in [-0.25, -0.2) is 0 Å². The van der Waals surface area contributed by atoms with Gasteiger partial charge in [0.1, 0.15) is 6.61 Å². The largest absolute Gasteiger partial charge is 0.481 e. The van der Waals surface area contributed by atoms with E-state index in [0.29, 0.717) is 12.8 Å². The highest BCUT2D eigenvalue weighted by molar-refractivity contribution is 5.77. The number of amides is 1. The van der Waals surface area contributed by atoms with E-state index >= 15 is 0 Å². The van der Waals surface area contributed by atoms with E-state index in [1.807, 2.05) is 4.90 Å². The van der Waals surface area contributed by atoms with Gasteiger partial charge in [0.25, 0.3) is 0 Å². The number of carboxylic acid groups (broad SMARTS) is 1. The Morgan fingerprint density at radius 2 is 1.52 bits per heavy atom. The zero-order chi connectivity index (χ0) is 15.1. The van der Waals surface area contributed by atoms with Gasteiger partial charge in [-0.05, 0) is 38.5 Å². The van der Waals surface area contributed by atoms with Crippen LogP contribution < -0.4 is 0 Å². The molecule has 5 heteroatoms. The molecule has 120 valence electrons. The van der Waals surface area contributed by atoms with E-state index in [2.05, 4.69) is 0 Å². The minimum atomic E-state index is -0.704. The first-order valence-corrected chi connectivity index (χ1v) is 8.29. The molecule has 1 amide bonds. The van der Waals surface area contributed by atoms with Crippen LogP contribution in [0, 0.1) is 5.92 Å². The van der Waals surface area contributed by atoms with E-state index in [-0.39, 0.29) is 24.5 Å². The van der Waals surface area contributed by atoms with Crippen LogP contribution in [-0.2, 0) is 14.3 Å². The van der Waals surface area contributed by atoms with Crippen molar-refractivity contribution in [2.75, 3.05) is 19.7 Å². The van der Waals surface area contributed by atoms with Crippen molar-refractivity contribution in [1.82, 2.24) is 4.90 Å². The van der Waals surface area contributed by atoms with Crippen LogP contribution in [-0.4, -0.2) is 47.7 Å². The molecule has 0 bridgehead atoms. The highest BCUT2D eigenvalue weighted by Crippen LogP contribution is 2.26. The van der Waals surface area contributed by atoms with E-state index in [4.69, 9.17) is 9.84 Å². The first-order chi connectivity index (χ1) is 10.2. The van der Waals surface area contributed by atoms with Gasteiger partial charge in [-0.1, -0.05) is 19.3 Å². The third kappa shape index (κ3) is 5.30. The van der Waals surface area contributed by atoms with Gasteiger partial charge in [-0.3, -0.25) is 9.59 Å². The molecule has 2 aliphatic rings. The molecule has 0 aromatic heterocycles. The second kappa shape index (κ2) is 8.37. The summed E-state index contributed by atoms with van der Waals surface area (Å²) in [5, 5.41) is 8.96.